The van der Waals surface area contributed by atoms with Gasteiger partial charge in [-0.1, -0.05) is 38.8 Å². The normalized spacial score (nSPS) is 23.5. The first-order valence-corrected chi connectivity index (χ1v) is 8.54. The Kier molecular flexibility index (Phi) is 5.77. The first-order chi connectivity index (χ1) is 9.19. The lowest BCUT2D eigenvalue weighted by Gasteiger charge is -2.26. The molecule has 1 saturated carbocycles. The van der Waals surface area contributed by atoms with Gasteiger partial charge in [0, 0.05) is 16.7 Å². The maximum Gasteiger partial charge on any atom is 0.0205 e. The van der Waals surface area contributed by atoms with Crippen LogP contribution in [0.3, 0.4) is 0 Å². The van der Waals surface area contributed by atoms with Crippen molar-refractivity contribution in [3.05, 3.63) is 29.3 Å². The summed E-state index contributed by atoms with van der Waals surface area (Å²) in [5, 5.41) is 4.23. The van der Waals surface area contributed by atoms with Gasteiger partial charge in [-0.3, -0.25) is 0 Å². The summed E-state index contributed by atoms with van der Waals surface area (Å²) in [5.74, 6) is 0.916. The minimum absolute atomic E-state index is 0.835. The van der Waals surface area contributed by atoms with E-state index in [4.69, 9.17) is 0 Å². The van der Waals surface area contributed by atoms with Crippen molar-refractivity contribution in [2.24, 2.45) is 5.92 Å². The fraction of sp³-hybridized carbons (Fsp3) is 0.647. The summed E-state index contributed by atoms with van der Waals surface area (Å²) >= 11 is 2.11. The summed E-state index contributed by atoms with van der Waals surface area (Å²) < 4.78 is 0. The average molecular weight is 277 g/mol. The van der Waals surface area contributed by atoms with E-state index >= 15 is 0 Å². The zero-order valence-electron chi connectivity index (χ0n) is 12.5. The predicted molar refractivity (Wildman–Crippen MR) is 85.8 cm³/mol. The fourth-order valence-corrected chi connectivity index (χ4v) is 4.35. The van der Waals surface area contributed by atoms with Crippen LogP contribution in [0.15, 0.2) is 23.1 Å². The topological polar surface area (TPSA) is 12.0 Å². The number of aryl methyl sites for hydroxylation is 1. The third-order valence-corrected chi connectivity index (χ3v) is 5.47. The lowest BCUT2D eigenvalue weighted by Crippen LogP contribution is -2.15. The standard InChI is InChI=1S/C17H27NS/c1-4-18-12-15-8-9-17(14(3)11-15)19-16-7-5-6-13(2)10-16/h8-9,11,13,16,18H,4-7,10,12H2,1-3H3. The highest BCUT2D eigenvalue weighted by Gasteiger charge is 2.20. The van der Waals surface area contributed by atoms with Gasteiger partial charge in [0.2, 0.25) is 0 Å². The molecule has 0 saturated heterocycles. The van der Waals surface area contributed by atoms with Crippen LogP contribution in [0, 0.1) is 12.8 Å². The van der Waals surface area contributed by atoms with E-state index in [1.165, 1.54) is 41.7 Å². The fourth-order valence-electron chi connectivity index (χ4n) is 2.89. The van der Waals surface area contributed by atoms with Crippen LogP contribution in [0.2, 0.25) is 0 Å². The third-order valence-electron chi connectivity index (χ3n) is 4.00. The Bertz CT molecular complexity index is 402. The van der Waals surface area contributed by atoms with Crippen molar-refractivity contribution in [1.29, 1.82) is 0 Å². The first-order valence-electron chi connectivity index (χ1n) is 7.66. The van der Waals surface area contributed by atoms with Gasteiger partial charge in [-0.25, -0.2) is 0 Å². The molecule has 0 spiro atoms. The van der Waals surface area contributed by atoms with Crippen molar-refractivity contribution in [3.8, 4) is 0 Å². The molecule has 2 heteroatoms. The van der Waals surface area contributed by atoms with E-state index in [1.54, 1.807) is 0 Å². The molecule has 2 atom stereocenters. The van der Waals surface area contributed by atoms with E-state index in [2.05, 4.69) is 56.0 Å². The number of benzene rings is 1. The third kappa shape index (κ3) is 4.54. The molecule has 1 nitrogen and oxygen atoms in total. The van der Waals surface area contributed by atoms with Crippen LogP contribution in [0.5, 0.6) is 0 Å². The largest absolute Gasteiger partial charge is 0.313 e. The Hall–Kier alpha value is -0.470. The SMILES string of the molecule is CCNCc1ccc(SC2CCCC(C)C2)c(C)c1. The number of hydrogen-bond donors (Lipinski definition) is 1. The molecule has 1 N–H and O–H groups in total. The summed E-state index contributed by atoms with van der Waals surface area (Å²) in [6.45, 7) is 8.84. The minimum atomic E-state index is 0.835. The monoisotopic (exact) mass is 277 g/mol. The molecule has 0 amide bonds. The molecule has 2 rings (SSSR count). The predicted octanol–water partition coefficient (Wildman–Crippen LogP) is 4.78. The summed E-state index contributed by atoms with van der Waals surface area (Å²) in [4.78, 5) is 1.49. The highest BCUT2D eigenvalue weighted by atomic mass is 32.2. The zero-order valence-corrected chi connectivity index (χ0v) is 13.4. The van der Waals surface area contributed by atoms with E-state index in [9.17, 15) is 0 Å². The first kappa shape index (κ1) is 14.9. The number of rotatable bonds is 5. The Labute approximate surface area is 122 Å². The van der Waals surface area contributed by atoms with Crippen LogP contribution in [-0.2, 0) is 6.54 Å². The molecule has 0 aromatic heterocycles. The van der Waals surface area contributed by atoms with E-state index in [-0.39, 0.29) is 0 Å². The van der Waals surface area contributed by atoms with Crippen molar-refractivity contribution in [1.82, 2.24) is 5.32 Å². The highest BCUT2D eigenvalue weighted by molar-refractivity contribution is 8.00. The van der Waals surface area contributed by atoms with Gasteiger partial charge in [0.1, 0.15) is 0 Å². The minimum Gasteiger partial charge on any atom is -0.313 e. The lowest BCUT2D eigenvalue weighted by molar-refractivity contribution is 0.394. The van der Waals surface area contributed by atoms with Gasteiger partial charge in [0.25, 0.3) is 0 Å². The molecular weight excluding hydrogens is 250 g/mol. The molecule has 1 aromatic carbocycles. The van der Waals surface area contributed by atoms with Gasteiger partial charge < -0.3 is 5.32 Å². The van der Waals surface area contributed by atoms with Crippen molar-refractivity contribution < 1.29 is 0 Å². The molecule has 0 aliphatic heterocycles. The molecule has 1 aliphatic carbocycles. The highest BCUT2D eigenvalue weighted by Crippen LogP contribution is 2.37. The molecule has 2 unspecified atom stereocenters. The van der Waals surface area contributed by atoms with E-state index in [0.717, 1.165) is 24.3 Å². The molecule has 0 bridgehead atoms. The number of nitrogens with one attached hydrogen (secondary N) is 1. The van der Waals surface area contributed by atoms with Crippen molar-refractivity contribution in [2.75, 3.05) is 6.54 Å². The van der Waals surface area contributed by atoms with Gasteiger partial charge in [0.15, 0.2) is 0 Å². The molecule has 106 valence electrons. The molecule has 19 heavy (non-hydrogen) atoms. The van der Waals surface area contributed by atoms with Gasteiger partial charge in [-0.15, -0.1) is 11.8 Å². The lowest BCUT2D eigenvalue weighted by atomic mass is 9.91. The quantitative estimate of drug-likeness (QED) is 0.831. The smallest absolute Gasteiger partial charge is 0.0205 e. The van der Waals surface area contributed by atoms with E-state index < -0.39 is 0 Å². The van der Waals surface area contributed by atoms with Crippen LogP contribution in [0.1, 0.15) is 50.7 Å². The van der Waals surface area contributed by atoms with Crippen LogP contribution in [0.4, 0.5) is 0 Å². The molecule has 0 radical (unpaired) electrons. The van der Waals surface area contributed by atoms with Crippen LogP contribution < -0.4 is 5.32 Å². The number of hydrogen-bond acceptors (Lipinski definition) is 2. The molecule has 1 aliphatic rings. The van der Waals surface area contributed by atoms with Crippen LogP contribution in [0.25, 0.3) is 0 Å². The average Bonchev–Trinajstić information content (AvgIpc) is 2.39. The maximum atomic E-state index is 3.39. The van der Waals surface area contributed by atoms with E-state index in [0.29, 0.717) is 0 Å². The van der Waals surface area contributed by atoms with Crippen LogP contribution >= 0.6 is 11.8 Å². The van der Waals surface area contributed by atoms with Crippen molar-refractivity contribution in [3.63, 3.8) is 0 Å². The summed E-state index contributed by atoms with van der Waals surface area (Å²) in [7, 11) is 0. The van der Waals surface area contributed by atoms with Gasteiger partial charge in [-0.05, 0) is 49.4 Å². The second-order valence-electron chi connectivity index (χ2n) is 5.89. The van der Waals surface area contributed by atoms with Crippen molar-refractivity contribution >= 4 is 11.8 Å². The second kappa shape index (κ2) is 7.35. The molecular formula is C17H27NS. The maximum absolute atomic E-state index is 3.39. The Morgan fingerprint density at radius 1 is 1.32 bits per heavy atom. The van der Waals surface area contributed by atoms with Gasteiger partial charge in [-0.2, -0.15) is 0 Å². The number of thioether (sulfide) groups is 1. The Morgan fingerprint density at radius 3 is 2.84 bits per heavy atom. The zero-order chi connectivity index (χ0) is 13.7. The Balaban J connectivity index is 1.96. The molecule has 0 heterocycles. The van der Waals surface area contributed by atoms with Crippen molar-refractivity contribution in [2.45, 2.75) is 63.1 Å². The van der Waals surface area contributed by atoms with E-state index in [1.807, 2.05) is 0 Å². The van der Waals surface area contributed by atoms with Crippen LogP contribution in [-0.4, -0.2) is 11.8 Å². The molecule has 1 aromatic rings. The van der Waals surface area contributed by atoms with Gasteiger partial charge in [0.05, 0.1) is 0 Å². The Morgan fingerprint density at radius 2 is 2.16 bits per heavy atom. The summed E-state index contributed by atoms with van der Waals surface area (Å²) in [6, 6.07) is 6.95. The summed E-state index contributed by atoms with van der Waals surface area (Å²) in [6.07, 6.45) is 5.63. The van der Waals surface area contributed by atoms with Gasteiger partial charge >= 0.3 is 0 Å². The summed E-state index contributed by atoms with van der Waals surface area (Å²) in [5.41, 5.74) is 2.85. The second-order valence-corrected chi connectivity index (χ2v) is 7.23. The molecule has 1 fully saturated rings.